The van der Waals surface area contributed by atoms with Crippen LogP contribution in [0.3, 0.4) is 0 Å². The number of carbonyl (C=O) groups is 2. The number of aliphatic hydroxyl groups excluding tert-OH is 1. The fourth-order valence-electron chi connectivity index (χ4n) is 2.79. The molecule has 0 aromatic heterocycles. The molecule has 5 nitrogen and oxygen atoms in total. The molecule has 0 aliphatic heterocycles. The van der Waals surface area contributed by atoms with Crippen molar-refractivity contribution in [2.75, 3.05) is 13.2 Å². The number of hydrogen-bond donors (Lipinski definition) is 1. The fraction of sp³-hybridized carbons (Fsp3) is 0.391. The molecule has 0 bridgehead atoms. The summed E-state index contributed by atoms with van der Waals surface area (Å²) in [5, 5.41) is 9.35. The van der Waals surface area contributed by atoms with E-state index in [-0.39, 0.29) is 32.0 Å². The third-order valence-electron chi connectivity index (χ3n) is 4.31. The molecule has 0 saturated carbocycles. The minimum atomic E-state index is -0.817. The van der Waals surface area contributed by atoms with Crippen LogP contribution < -0.4 is 0 Å². The summed E-state index contributed by atoms with van der Waals surface area (Å²) in [5.74, 6) is -0.746. The summed E-state index contributed by atoms with van der Waals surface area (Å²) in [7, 11) is 0. The first-order valence-electron chi connectivity index (χ1n) is 9.71. The van der Waals surface area contributed by atoms with Gasteiger partial charge in [0.15, 0.2) is 6.10 Å². The highest BCUT2D eigenvalue weighted by Gasteiger charge is 2.16. The van der Waals surface area contributed by atoms with Gasteiger partial charge >= 0.3 is 11.9 Å². The van der Waals surface area contributed by atoms with Gasteiger partial charge in [0.05, 0.1) is 6.61 Å². The van der Waals surface area contributed by atoms with Crippen molar-refractivity contribution in [3.05, 3.63) is 71.8 Å². The maximum atomic E-state index is 11.9. The highest BCUT2D eigenvalue weighted by Crippen LogP contribution is 2.08. The lowest BCUT2D eigenvalue weighted by molar-refractivity contribution is -0.161. The van der Waals surface area contributed by atoms with Crippen LogP contribution in [-0.4, -0.2) is 36.4 Å². The molecule has 150 valence electrons. The van der Waals surface area contributed by atoms with E-state index in [1.54, 1.807) is 0 Å². The Morgan fingerprint density at radius 3 is 1.79 bits per heavy atom. The molecular formula is C23H28O5. The topological polar surface area (TPSA) is 72.8 Å². The van der Waals surface area contributed by atoms with Gasteiger partial charge in [0.1, 0.15) is 6.61 Å². The highest BCUT2D eigenvalue weighted by molar-refractivity contribution is 5.70. The molecule has 2 aromatic carbocycles. The molecule has 0 aliphatic rings. The average molecular weight is 384 g/mol. The number of rotatable bonds is 12. The first kappa shape index (κ1) is 21.6. The Morgan fingerprint density at radius 1 is 0.786 bits per heavy atom. The van der Waals surface area contributed by atoms with Gasteiger partial charge in [-0.25, -0.2) is 0 Å². The molecular weight excluding hydrogens is 356 g/mol. The maximum Gasteiger partial charge on any atom is 0.306 e. The SMILES string of the molecule is O=C(CCCc1ccccc1)OCC(CO)OC(=O)CCCc1ccccc1. The number of ether oxygens (including phenoxy) is 2. The summed E-state index contributed by atoms with van der Waals surface area (Å²) in [6.07, 6.45) is 2.68. The Kier molecular flexibility index (Phi) is 9.80. The summed E-state index contributed by atoms with van der Waals surface area (Å²) < 4.78 is 10.3. The van der Waals surface area contributed by atoms with E-state index in [9.17, 15) is 14.7 Å². The van der Waals surface area contributed by atoms with Crippen molar-refractivity contribution in [2.45, 2.75) is 44.6 Å². The molecule has 5 heteroatoms. The van der Waals surface area contributed by atoms with Gasteiger partial charge in [-0.1, -0.05) is 60.7 Å². The van der Waals surface area contributed by atoms with E-state index in [0.29, 0.717) is 12.8 Å². The van der Waals surface area contributed by atoms with Crippen molar-refractivity contribution in [1.82, 2.24) is 0 Å². The lowest BCUT2D eigenvalue weighted by Crippen LogP contribution is -2.28. The second-order valence-corrected chi connectivity index (χ2v) is 6.66. The van der Waals surface area contributed by atoms with Crippen molar-refractivity contribution < 1.29 is 24.2 Å². The van der Waals surface area contributed by atoms with Crippen LogP contribution in [0.25, 0.3) is 0 Å². The van der Waals surface area contributed by atoms with Gasteiger partial charge in [-0.3, -0.25) is 9.59 Å². The number of benzene rings is 2. The molecule has 28 heavy (non-hydrogen) atoms. The Hall–Kier alpha value is -2.66. The summed E-state index contributed by atoms with van der Waals surface area (Å²) in [6, 6.07) is 19.8. The van der Waals surface area contributed by atoms with Crippen molar-refractivity contribution in [3.63, 3.8) is 0 Å². The Labute approximate surface area is 166 Å². The fourth-order valence-corrected chi connectivity index (χ4v) is 2.79. The van der Waals surface area contributed by atoms with Crippen LogP contribution in [0.2, 0.25) is 0 Å². The highest BCUT2D eigenvalue weighted by atomic mass is 16.6. The molecule has 2 aromatic rings. The average Bonchev–Trinajstić information content (AvgIpc) is 2.72. The predicted molar refractivity (Wildman–Crippen MR) is 107 cm³/mol. The number of hydrogen-bond acceptors (Lipinski definition) is 5. The molecule has 0 amide bonds. The van der Waals surface area contributed by atoms with Gasteiger partial charge in [-0.15, -0.1) is 0 Å². The van der Waals surface area contributed by atoms with Crippen molar-refractivity contribution in [1.29, 1.82) is 0 Å². The zero-order valence-electron chi connectivity index (χ0n) is 16.1. The van der Waals surface area contributed by atoms with Crippen LogP contribution in [0.4, 0.5) is 0 Å². The minimum Gasteiger partial charge on any atom is -0.462 e. The summed E-state index contributed by atoms with van der Waals surface area (Å²) in [4.78, 5) is 23.7. The van der Waals surface area contributed by atoms with Crippen LogP contribution >= 0.6 is 0 Å². The standard InChI is InChI=1S/C23H28O5/c24-17-21(28-23(26)16-8-14-20-11-5-2-6-12-20)18-27-22(25)15-7-13-19-9-3-1-4-10-19/h1-6,9-12,21,24H,7-8,13-18H2. The second-order valence-electron chi connectivity index (χ2n) is 6.66. The van der Waals surface area contributed by atoms with Crippen LogP contribution in [0.15, 0.2) is 60.7 Å². The minimum absolute atomic E-state index is 0.120. The van der Waals surface area contributed by atoms with Crippen LogP contribution in [-0.2, 0) is 31.9 Å². The molecule has 0 spiro atoms. The largest absolute Gasteiger partial charge is 0.462 e. The summed E-state index contributed by atoms with van der Waals surface area (Å²) in [6.45, 7) is -0.493. The van der Waals surface area contributed by atoms with E-state index in [2.05, 4.69) is 0 Å². The van der Waals surface area contributed by atoms with Gasteiger partial charge in [0.25, 0.3) is 0 Å². The molecule has 0 aliphatic carbocycles. The van der Waals surface area contributed by atoms with Gasteiger partial charge < -0.3 is 14.6 Å². The van der Waals surface area contributed by atoms with Crippen LogP contribution in [0.1, 0.15) is 36.8 Å². The van der Waals surface area contributed by atoms with E-state index in [1.165, 1.54) is 11.1 Å². The van der Waals surface area contributed by atoms with Gasteiger partial charge in [0, 0.05) is 12.8 Å². The van der Waals surface area contributed by atoms with E-state index in [0.717, 1.165) is 12.8 Å². The molecule has 0 radical (unpaired) electrons. The molecule has 0 fully saturated rings. The zero-order valence-corrected chi connectivity index (χ0v) is 16.1. The molecule has 1 unspecified atom stereocenters. The van der Waals surface area contributed by atoms with Gasteiger partial charge in [-0.05, 0) is 36.8 Å². The Balaban J connectivity index is 1.58. The van der Waals surface area contributed by atoms with E-state index < -0.39 is 12.1 Å². The molecule has 2 rings (SSSR count). The third kappa shape index (κ3) is 8.82. The normalized spacial score (nSPS) is 11.6. The quantitative estimate of drug-likeness (QED) is 0.567. The van der Waals surface area contributed by atoms with E-state index >= 15 is 0 Å². The number of aliphatic hydroxyl groups is 1. The molecule has 1 N–H and O–H groups in total. The van der Waals surface area contributed by atoms with Crippen LogP contribution in [0, 0.1) is 0 Å². The smallest absolute Gasteiger partial charge is 0.306 e. The van der Waals surface area contributed by atoms with Crippen molar-refractivity contribution in [2.24, 2.45) is 0 Å². The van der Waals surface area contributed by atoms with E-state index in [1.807, 2.05) is 60.7 Å². The lowest BCUT2D eigenvalue weighted by atomic mass is 10.1. The van der Waals surface area contributed by atoms with Crippen molar-refractivity contribution in [3.8, 4) is 0 Å². The maximum absolute atomic E-state index is 11.9. The number of carbonyl (C=O) groups excluding carboxylic acids is 2. The van der Waals surface area contributed by atoms with Gasteiger partial charge in [-0.2, -0.15) is 0 Å². The summed E-state index contributed by atoms with van der Waals surface area (Å²) >= 11 is 0. The number of aryl methyl sites for hydroxylation is 2. The molecule has 1 atom stereocenters. The lowest BCUT2D eigenvalue weighted by Gasteiger charge is -2.15. The zero-order chi connectivity index (χ0) is 20.0. The van der Waals surface area contributed by atoms with E-state index in [4.69, 9.17) is 9.47 Å². The number of esters is 2. The Morgan fingerprint density at radius 2 is 1.29 bits per heavy atom. The first-order valence-corrected chi connectivity index (χ1v) is 9.71. The molecule has 0 saturated heterocycles. The van der Waals surface area contributed by atoms with Gasteiger partial charge in [0.2, 0.25) is 0 Å². The Bertz CT molecular complexity index is 699. The predicted octanol–water partition coefficient (Wildman–Crippen LogP) is 3.48. The summed E-state index contributed by atoms with van der Waals surface area (Å²) in [5.41, 5.74) is 2.34. The van der Waals surface area contributed by atoms with Crippen molar-refractivity contribution >= 4 is 11.9 Å². The second kappa shape index (κ2) is 12.7. The monoisotopic (exact) mass is 384 g/mol. The first-order chi connectivity index (χ1) is 13.7. The molecule has 0 heterocycles. The third-order valence-corrected chi connectivity index (χ3v) is 4.31. The van der Waals surface area contributed by atoms with Crippen LogP contribution in [0.5, 0.6) is 0 Å².